The summed E-state index contributed by atoms with van der Waals surface area (Å²) in [4.78, 5) is 9.92. The number of para-hydroxylation sites is 1. The van der Waals surface area contributed by atoms with Crippen molar-refractivity contribution < 1.29 is 8.83 Å². The van der Waals surface area contributed by atoms with Crippen LogP contribution in [0.25, 0.3) is 76.5 Å². The van der Waals surface area contributed by atoms with Crippen LogP contribution >= 0.6 is 0 Å². The quantitative estimate of drug-likeness (QED) is 0.150. The molecule has 0 fully saturated rings. The SMILES string of the molecule is N=C(N=C(N=Cc1ccc2ccccc2c1)c1cccc2oc3ccc(-c4ccc5c(c4)oc4ccccc45)cc3c12)c1ccc2ccccc2c1. The molecule has 0 aliphatic carbocycles. The zero-order chi connectivity index (χ0) is 34.6. The first kappa shape index (κ1) is 29.8. The highest BCUT2D eigenvalue weighted by Gasteiger charge is 2.17. The van der Waals surface area contributed by atoms with E-state index < -0.39 is 0 Å². The van der Waals surface area contributed by atoms with Crippen LogP contribution in [0.15, 0.2) is 183 Å². The maximum Gasteiger partial charge on any atom is 0.162 e. The van der Waals surface area contributed by atoms with Crippen LogP contribution in [0.3, 0.4) is 0 Å². The lowest BCUT2D eigenvalue weighted by Gasteiger charge is -2.07. The van der Waals surface area contributed by atoms with Gasteiger partial charge in [0.1, 0.15) is 22.3 Å². The Morgan fingerprint density at radius 2 is 1.13 bits per heavy atom. The van der Waals surface area contributed by atoms with Gasteiger partial charge >= 0.3 is 0 Å². The Kier molecular flexibility index (Phi) is 6.89. The van der Waals surface area contributed by atoms with Crippen molar-refractivity contribution in [1.82, 2.24) is 0 Å². The summed E-state index contributed by atoms with van der Waals surface area (Å²) in [7, 11) is 0. The lowest BCUT2D eigenvalue weighted by Crippen LogP contribution is -2.05. The summed E-state index contributed by atoms with van der Waals surface area (Å²) in [5.41, 5.74) is 7.73. The average molecular weight is 668 g/mol. The number of hydrogen-bond donors (Lipinski definition) is 1. The molecule has 0 saturated heterocycles. The maximum atomic E-state index is 9.17. The van der Waals surface area contributed by atoms with Gasteiger partial charge in [0.2, 0.25) is 0 Å². The van der Waals surface area contributed by atoms with Crippen molar-refractivity contribution in [3.05, 3.63) is 180 Å². The number of aliphatic imine (C=N–C) groups is 2. The second-order valence-electron chi connectivity index (χ2n) is 13.0. The van der Waals surface area contributed by atoms with E-state index in [1.165, 1.54) is 0 Å². The fourth-order valence-electron chi connectivity index (χ4n) is 7.19. The second kappa shape index (κ2) is 12.0. The number of fused-ring (bicyclic) bond motifs is 8. The van der Waals surface area contributed by atoms with Gasteiger partial charge in [0.25, 0.3) is 0 Å². The minimum Gasteiger partial charge on any atom is -0.456 e. The normalized spacial score (nSPS) is 12.3. The standard InChI is InChI=1S/C47H29N3O2/c48-46(36-19-18-31-9-2-4-11-33(31)25-36)50-47(49-28-29-16-17-30-8-1-3-10-32(30)24-29)39-13-7-15-43-45(39)40-26-34(21-23-42(40)51-43)35-20-22-38-37-12-5-6-14-41(37)52-44(38)27-35/h1-28,48H. The minimum absolute atomic E-state index is 0.126. The summed E-state index contributed by atoms with van der Waals surface area (Å²) in [6.45, 7) is 0. The van der Waals surface area contributed by atoms with E-state index >= 15 is 0 Å². The van der Waals surface area contributed by atoms with E-state index in [2.05, 4.69) is 78.9 Å². The van der Waals surface area contributed by atoms with Gasteiger partial charge in [0, 0.05) is 38.9 Å². The van der Waals surface area contributed by atoms with E-state index in [-0.39, 0.29) is 5.84 Å². The van der Waals surface area contributed by atoms with E-state index in [1.807, 2.05) is 91.1 Å². The number of amidine groups is 2. The molecule has 244 valence electrons. The molecule has 0 saturated carbocycles. The Balaban J connectivity index is 1.13. The van der Waals surface area contributed by atoms with E-state index in [1.54, 1.807) is 0 Å². The molecule has 0 bridgehead atoms. The topological polar surface area (TPSA) is 74.8 Å². The molecule has 0 radical (unpaired) electrons. The van der Waals surface area contributed by atoms with Crippen LogP contribution in [-0.4, -0.2) is 17.9 Å². The van der Waals surface area contributed by atoms with E-state index in [4.69, 9.17) is 24.2 Å². The highest BCUT2D eigenvalue weighted by molar-refractivity contribution is 6.23. The van der Waals surface area contributed by atoms with Gasteiger partial charge in [0.05, 0.1) is 0 Å². The summed E-state index contributed by atoms with van der Waals surface area (Å²) in [5, 5.41) is 17.7. The molecule has 0 atom stereocenters. The number of benzene rings is 8. The number of rotatable bonds is 4. The highest BCUT2D eigenvalue weighted by atomic mass is 16.3. The Hall–Kier alpha value is -7.11. The van der Waals surface area contributed by atoms with E-state index in [9.17, 15) is 0 Å². The van der Waals surface area contributed by atoms with Gasteiger partial charge in [-0.1, -0.05) is 115 Å². The average Bonchev–Trinajstić information content (AvgIpc) is 3.77. The van der Waals surface area contributed by atoms with Gasteiger partial charge in [-0.05, 0) is 86.8 Å². The van der Waals surface area contributed by atoms with Crippen LogP contribution in [0.5, 0.6) is 0 Å². The molecule has 5 heteroatoms. The fourth-order valence-corrected chi connectivity index (χ4v) is 7.19. The van der Waals surface area contributed by atoms with Crippen molar-refractivity contribution in [2.24, 2.45) is 9.98 Å². The number of nitrogens with zero attached hydrogens (tertiary/aromatic N) is 2. The third-order valence-corrected chi connectivity index (χ3v) is 9.80. The summed E-state index contributed by atoms with van der Waals surface area (Å²) < 4.78 is 12.6. The molecule has 0 aliphatic heterocycles. The molecule has 0 spiro atoms. The van der Waals surface area contributed by atoms with Crippen molar-refractivity contribution in [1.29, 1.82) is 5.41 Å². The number of furan rings is 2. The minimum atomic E-state index is 0.126. The van der Waals surface area contributed by atoms with Crippen molar-refractivity contribution in [2.75, 3.05) is 0 Å². The maximum absolute atomic E-state index is 9.17. The molecule has 10 rings (SSSR count). The van der Waals surface area contributed by atoms with Crippen LogP contribution < -0.4 is 0 Å². The molecule has 5 nitrogen and oxygen atoms in total. The van der Waals surface area contributed by atoms with Crippen LogP contribution in [0.2, 0.25) is 0 Å². The molecular weight excluding hydrogens is 639 g/mol. The predicted octanol–water partition coefficient (Wildman–Crippen LogP) is 12.4. The smallest absolute Gasteiger partial charge is 0.162 e. The van der Waals surface area contributed by atoms with Gasteiger partial charge in [-0.3, -0.25) is 5.41 Å². The van der Waals surface area contributed by atoms with Crippen LogP contribution in [-0.2, 0) is 0 Å². The first-order valence-electron chi connectivity index (χ1n) is 17.2. The van der Waals surface area contributed by atoms with E-state index in [0.717, 1.165) is 87.7 Å². The number of nitrogens with one attached hydrogen (secondary N) is 1. The molecule has 10 aromatic rings. The molecule has 0 amide bonds. The third-order valence-electron chi connectivity index (χ3n) is 9.80. The van der Waals surface area contributed by atoms with Crippen LogP contribution in [0, 0.1) is 5.41 Å². The Morgan fingerprint density at radius 3 is 2.00 bits per heavy atom. The largest absolute Gasteiger partial charge is 0.456 e. The highest BCUT2D eigenvalue weighted by Crippen LogP contribution is 2.37. The van der Waals surface area contributed by atoms with Gasteiger partial charge in [0.15, 0.2) is 11.7 Å². The molecule has 1 N–H and O–H groups in total. The van der Waals surface area contributed by atoms with Gasteiger partial charge in [-0.2, -0.15) is 0 Å². The molecular formula is C47H29N3O2. The number of hydrogen-bond acceptors (Lipinski definition) is 3. The van der Waals surface area contributed by atoms with Crippen LogP contribution in [0.1, 0.15) is 16.7 Å². The van der Waals surface area contributed by atoms with E-state index in [0.29, 0.717) is 11.4 Å². The second-order valence-corrected chi connectivity index (χ2v) is 13.0. The molecule has 52 heavy (non-hydrogen) atoms. The van der Waals surface area contributed by atoms with Crippen LogP contribution in [0.4, 0.5) is 0 Å². The van der Waals surface area contributed by atoms with Crippen molar-refractivity contribution >= 4 is 83.3 Å². The Bertz CT molecular complexity index is 3110. The van der Waals surface area contributed by atoms with Crippen molar-refractivity contribution in [3.63, 3.8) is 0 Å². The zero-order valence-corrected chi connectivity index (χ0v) is 27.9. The Labute approximate surface area is 298 Å². The third kappa shape index (κ3) is 5.15. The summed E-state index contributed by atoms with van der Waals surface area (Å²) >= 11 is 0. The van der Waals surface area contributed by atoms with Crippen molar-refractivity contribution in [3.8, 4) is 11.1 Å². The summed E-state index contributed by atoms with van der Waals surface area (Å²) in [6, 6.07) is 55.3. The molecule has 2 heterocycles. The molecule has 8 aromatic carbocycles. The lowest BCUT2D eigenvalue weighted by molar-refractivity contribution is 0.669. The monoisotopic (exact) mass is 667 g/mol. The molecule has 0 unspecified atom stereocenters. The predicted molar refractivity (Wildman–Crippen MR) is 215 cm³/mol. The first-order valence-corrected chi connectivity index (χ1v) is 17.2. The van der Waals surface area contributed by atoms with Crippen molar-refractivity contribution in [2.45, 2.75) is 0 Å². The van der Waals surface area contributed by atoms with Gasteiger partial charge in [-0.15, -0.1) is 0 Å². The molecule has 0 aliphatic rings. The van der Waals surface area contributed by atoms with Gasteiger partial charge < -0.3 is 8.83 Å². The summed E-state index contributed by atoms with van der Waals surface area (Å²) in [5.74, 6) is 0.551. The van der Waals surface area contributed by atoms with Gasteiger partial charge in [-0.25, -0.2) is 9.98 Å². The Morgan fingerprint density at radius 1 is 0.481 bits per heavy atom. The zero-order valence-electron chi connectivity index (χ0n) is 27.9. The first-order chi connectivity index (χ1) is 25.6. The fraction of sp³-hybridized carbons (Fsp3) is 0. The summed E-state index contributed by atoms with van der Waals surface area (Å²) in [6.07, 6.45) is 1.83. The lowest BCUT2D eigenvalue weighted by atomic mass is 9.99. The molecule has 2 aromatic heterocycles.